The van der Waals surface area contributed by atoms with Gasteiger partial charge in [0.25, 0.3) is 0 Å². The van der Waals surface area contributed by atoms with Gasteiger partial charge in [-0.1, -0.05) is 56.2 Å². The summed E-state index contributed by atoms with van der Waals surface area (Å²) in [6.07, 6.45) is 28.3. The molecule has 0 saturated heterocycles. The standard InChI is InChI=1S/C17H24.C11H18O.C6H10OS2.CH3F.Na.H/c1-13-10-14(2)16-12-17(7-4-3-5-8-17)9-6-15(16)11-13;12-10-4-8-11(9-5-10)6-2-1-3-7-11;1-5(7)4-6(8-2)9-3;1-2;;/h10-11H,3-9,12H2,1-2H3;1-9H2;4H,1-3H3;1H3;;/q;;;;+1;-1/i;;;1D;;. The zero-order chi connectivity index (χ0) is 30.3. The Morgan fingerprint density at radius 1 is 0.878 bits per heavy atom. The number of fused-ring (bicyclic) bond motifs is 1. The number of aryl methyl sites for hydroxylation is 3. The molecule has 1 aromatic rings. The molecule has 4 aliphatic rings. The van der Waals surface area contributed by atoms with E-state index in [4.69, 9.17) is 1.37 Å². The number of carbonyl (C=O) groups is 2. The van der Waals surface area contributed by atoms with E-state index in [0.29, 0.717) is 16.6 Å². The summed E-state index contributed by atoms with van der Waals surface area (Å²) in [4.78, 5) is 21.6. The maximum absolute atomic E-state index is 11.1. The first-order valence-electron chi connectivity index (χ1n) is 16.1. The molecule has 0 unspecified atom stereocenters. The van der Waals surface area contributed by atoms with E-state index in [-0.39, 0.29) is 36.8 Å². The van der Waals surface area contributed by atoms with Crippen molar-refractivity contribution >= 4 is 35.1 Å². The van der Waals surface area contributed by atoms with Gasteiger partial charge in [0.15, 0.2) is 5.78 Å². The summed E-state index contributed by atoms with van der Waals surface area (Å²) in [5, 5.41) is 0. The number of hydrogen-bond donors (Lipinski definition) is 0. The van der Waals surface area contributed by atoms with E-state index >= 15 is 0 Å². The minimum atomic E-state index is -1.00. The number of alkyl halides is 1. The fourth-order valence-electron chi connectivity index (χ4n) is 7.38. The van der Waals surface area contributed by atoms with Crippen molar-refractivity contribution in [3.8, 4) is 0 Å². The topological polar surface area (TPSA) is 34.1 Å². The monoisotopic (exact) mass is 615 g/mol. The van der Waals surface area contributed by atoms with Crippen molar-refractivity contribution in [2.24, 2.45) is 10.8 Å². The predicted molar refractivity (Wildman–Crippen MR) is 176 cm³/mol. The molecule has 3 fully saturated rings. The van der Waals surface area contributed by atoms with Gasteiger partial charge in [0, 0.05) is 23.2 Å². The first kappa shape index (κ1) is 37.1. The number of hydrogen-bond acceptors (Lipinski definition) is 4. The molecule has 0 aromatic heterocycles. The van der Waals surface area contributed by atoms with Crippen molar-refractivity contribution in [2.75, 3.05) is 19.7 Å². The van der Waals surface area contributed by atoms with Gasteiger partial charge in [-0.15, -0.1) is 23.5 Å². The first-order valence-corrected chi connectivity index (χ1v) is 17.8. The molecule has 0 N–H and O–H groups in total. The number of carbonyl (C=O) groups excluding carboxylic acids is 2. The molecule has 0 aliphatic heterocycles. The minimum Gasteiger partial charge on any atom is -1.00 e. The van der Waals surface area contributed by atoms with Crippen LogP contribution in [0.5, 0.6) is 0 Å². The zero-order valence-corrected chi connectivity index (χ0v) is 30.6. The minimum absolute atomic E-state index is 0. The fraction of sp³-hybridized carbons (Fsp3) is 0.714. The Balaban J connectivity index is 0.000000603. The molecule has 0 radical (unpaired) electrons. The Morgan fingerprint density at radius 2 is 1.37 bits per heavy atom. The second kappa shape index (κ2) is 20.1. The Bertz CT molecular complexity index is 988. The SMILES string of the molecule is CSC(=CC(C)=O)SC.Cc1cc(C)c2c(c1)CCC1(CCCCC1)C2.O=C1CCC2(CCCCC2)CC1.[2H]CF.[H-].[Na+]. The normalized spacial score (nSPS) is 20.2. The summed E-state index contributed by atoms with van der Waals surface area (Å²) >= 11 is 3.20. The van der Waals surface area contributed by atoms with Gasteiger partial charge in [-0.3, -0.25) is 14.0 Å². The Morgan fingerprint density at radius 3 is 1.83 bits per heavy atom. The van der Waals surface area contributed by atoms with Crippen LogP contribution in [0.2, 0.25) is 0 Å². The second-order valence-corrected chi connectivity index (χ2v) is 14.5. The molecule has 228 valence electrons. The van der Waals surface area contributed by atoms with Gasteiger partial charge >= 0.3 is 29.6 Å². The Labute approximate surface area is 284 Å². The molecule has 4 aliphatic carbocycles. The number of halogens is 1. The van der Waals surface area contributed by atoms with Gasteiger partial charge in [0.1, 0.15) is 5.78 Å². The number of thioether (sulfide) groups is 2. The molecular weight excluding hydrogens is 559 g/mol. The average Bonchev–Trinajstić information content (AvgIpc) is 2.96. The maximum atomic E-state index is 11.1. The zero-order valence-electron chi connectivity index (χ0n) is 29.0. The van der Waals surface area contributed by atoms with Crippen LogP contribution in [0.15, 0.2) is 22.4 Å². The molecule has 1 aromatic carbocycles. The average molecular weight is 616 g/mol. The fourth-order valence-corrected chi connectivity index (χ4v) is 8.62. The van der Waals surface area contributed by atoms with E-state index in [2.05, 4.69) is 26.0 Å². The Kier molecular flexibility index (Phi) is 18.2. The van der Waals surface area contributed by atoms with E-state index in [1.165, 1.54) is 102 Å². The summed E-state index contributed by atoms with van der Waals surface area (Å²) in [5.41, 5.74) is 7.64. The second-order valence-electron chi connectivity index (χ2n) is 12.5. The van der Waals surface area contributed by atoms with E-state index in [9.17, 15) is 14.0 Å². The molecule has 0 bridgehead atoms. The number of ketones is 2. The molecule has 0 atom stereocenters. The Hall–Kier alpha value is -0.0700. The molecular formula is C35H56FNaO2S2. The van der Waals surface area contributed by atoms with Crippen LogP contribution in [-0.2, 0) is 22.4 Å². The summed E-state index contributed by atoms with van der Waals surface area (Å²) in [5.74, 6) is 0.625. The third-order valence-corrected chi connectivity index (χ3v) is 11.6. The van der Waals surface area contributed by atoms with Crippen LogP contribution in [0.1, 0.15) is 128 Å². The van der Waals surface area contributed by atoms with Gasteiger partial charge in [-0.2, -0.15) is 0 Å². The van der Waals surface area contributed by atoms with Crippen LogP contribution in [-0.4, -0.2) is 31.2 Å². The van der Waals surface area contributed by atoms with Crippen molar-refractivity contribution in [1.29, 1.82) is 0 Å². The van der Waals surface area contributed by atoms with Gasteiger partial charge in [0.2, 0.25) is 0 Å². The smallest absolute Gasteiger partial charge is 1.00 e. The molecule has 6 heteroatoms. The quantitative estimate of drug-likeness (QED) is 0.258. The molecule has 41 heavy (non-hydrogen) atoms. The molecule has 3 saturated carbocycles. The summed E-state index contributed by atoms with van der Waals surface area (Å²) < 4.78 is 16.6. The van der Waals surface area contributed by atoms with Gasteiger partial charge < -0.3 is 1.43 Å². The number of Topliss-reactive ketones (excluding diaryl/α,β-unsaturated/α-hetero) is 1. The van der Waals surface area contributed by atoms with Gasteiger partial charge in [0.05, 0.1) is 8.52 Å². The van der Waals surface area contributed by atoms with Crippen LogP contribution in [0.3, 0.4) is 0 Å². The van der Waals surface area contributed by atoms with Crippen LogP contribution >= 0.6 is 23.5 Å². The van der Waals surface area contributed by atoms with Crippen LogP contribution < -0.4 is 29.6 Å². The van der Waals surface area contributed by atoms with Crippen LogP contribution in [0, 0.1) is 24.7 Å². The van der Waals surface area contributed by atoms with E-state index in [1.807, 2.05) is 12.5 Å². The number of rotatable bonds is 3. The number of benzene rings is 1. The van der Waals surface area contributed by atoms with E-state index in [1.54, 1.807) is 53.2 Å². The van der Waals surface area contributed by atoms with Gasteiger partial charge in [-0.25, -0.2) is 0 Å². The predicted octanol–water partition coefficient (Wildman–Crippen LogP) is 7.67. The van der Waals surface area contributed by atoms with Crippen molar-refractivity contribution in [2.45, 2.75) is 130 Å². The third-order valence-electron chi connectivity index (χ3n) is 9.61. The van der Waals surface area contributed by atoms with Crippen molar-refractivity contribution in [3.05, 3.63) is 44.7 Å². The summed E-state index contributed by atoms with van der Waals surface area (Å²) in [6.45, 7) is 6.11. The van der Waals surface area contributed by atoms with E-state index in [0.717, 1.165) is 17.1 Å². The molecule has 0 heterocycles. The largest absolute Gasteiger partial charge is 1.00 e. The summed E-state index contributed by atoms with van der Waals surface area (Å²) in [7, 11) is -1.00. The molecule has 0 amide bonds. The van der Waals surface area contributed by atoms with Crippen molar-refractivity contribution in [3.63, 3.8) is 0 Å². The van der Waals surface area contributed by atoms with Crippen molar-refractivity contribution < 1.29 is 46.3 Å². The molecule has 2 spiro atoms. The third kappa shape index (κ3) is 12.8. The summed E-state index contributed by atoms with van der Waals surface area (Å²) in [6, 6.07) is 4.80. The first-order chi connectivity index (χ1) is 19.6. The van der Waals surface area contributed by atoms with Crippen LogP contribution in [0.4, 0.5) is 4.39 Å². The van der Waals surface area contributed by atoms with E-state index < -0.39 is 7.15 Å². The van der Waals surface area contributed by atoms with Crippen LogP contribution in [0.25, 0.3) is 0 Å². The molecule has 5 rings (SSSR count). The number of allylic oxidation sites excluding steroid dienone is 1. The van der Waals surface area contributed by atoms with Crippen molar-refractivity contribution in [1.82, 2.24) is 0 Å². The maximum Gasteiger partial charge on any atom is 1.00 e. The van der Waals surface area contributed by atoms with Gasteiger partial charge in [-0.05, 0) is 119 Å². The molecule has 2 nitrogen and oxygen atoms in total.